The molecule has 3 rings (SSSR count). The largest absolute Gasteiger partial charge is 0.341 e. The molecule has 1 unspecified atom stereocenters. The van der Waals surface area contributed by atoms with Crippen molar-refractivity contribution in [3.63, 3.8) is 0 Å². The Bertz CT molecular complexity index is 998. The number of rotatable bonds is 5. The molecule has 6 nitrogen and oxygen atoms in total. The normalized spacial score (nSPS) is 16.4. The van der Waals surface area contributed by atoms with E-state index in [1.165, 1.54) is 12.1 Å². The van der Waals surface area contributed by atoms with Crippen LogP contribution in [0.2, 0.25) is 0 Å². The SMILES string of the molecule is N#CC(c1ccccc1)N1CCN(C(=O)c2ccc(S(=O)(=O)C(F)F)cc2)CC1. The van der Waals surface area contributed by atoms with Crippen LogP contribution in [0.3, 0.4) is 0 Å². The predicted octanol–water partition coefficient (Wildman–Crippen LogP) is 2.71. The minimum Gasteiger partial charge on any atom is -0.336 e. The van der Waals surface area contributed by atoms with Gasteiger partial charge in [-0.3, -0.25) is 9.69 Å². The van der Waals surface area contributed by atoms with Crippen molar-refractivity contribution in [3.05, 3.63) is 65.7 Å². The molecule has 9 heteroatoms. The van der Waals surface area contributed by atoms with Crippen molar-refractivity contribution in [3.8, 4) is 6.07 Å². The first-order chi connectivity index (χ1) is 13.8. The lowest BCUT2D eigenvalue weighted by molar-refractivity contribution is 0.0606. The fourth-order valence-electron chi connectivity index (χ4n) is 3.26. The Labute approximate surface area is 167 Å². The van der Waals surface area contributed by atoms with Gasteiger partial charge in [-0.15, -0.1) is 0 Å². The lowest BCUT2D eigenvalue weighted by Crippen LogP contribution is -2.49. The minimum atomic E-state index is -4.69. The van der Waals surface area contributed by atoms with Gasteiger partial charge in [0.2, 0.25) is 9.84 Å². The predicted molar refractivity (Wildman–Crippen MR) is 102 cm³/mol. The van der Waals surface area contributed by atoms with Gasteiger partial charge < -0.3 is 4.90 Å². The van der Waals surface area contributed by atoms with Gasteiger partial charge in [0.1, 0.15) is 6.04 Å². The van der Waals surface area contributed by atoms with Gasteiger partial charge in [-0.05, 0) is 29.8 Å². The standard InChI is InChI=1S/C20H19F2N3O3S/c21-20(22)29(27,28)17-8-6-16(7-9-17)19(26)25-12-10-24(11-13-25)18(14-23)15-4-2-1-3-5-15/h1-9,18,20H,10-13H2. The fourth-order valence-corrected chi connectivity index (χ4v) is 3.98. The summed E-state index contributed by atoms with van der Waals surface area (Å²) in [6.07, 6.45) is 0. The van der Waals surface area contributed by atoms with Crippen molar-refractivity contribution in [1.82, 2.24) is 9.80 Å². The summed E-state index contributed by atoms with van der Waals surface area (Å²) in [6.45, 7) is 1.83. The van der Waals surface area contributed by atoms with Crippen molar-refractivity contribution in [2.24, 2.45) is 0 Å². The van der Waals surface area contributed by atoms with Crippen LogP contribution in [0.5, 0.6) is 0 Å². The number of hydrogen-bond acceptors (Lipinski definition) is 5. The van der Waals surface area contributed by atoms with Crippen molar-refractivity contribution in [1.29, 1.82) is 5.26 Å². The molecule has 1 saturated heterocycles. The number of piperazine rings is 1. The first-order valence-electron chi connectivity index (χ1n) is 8.94. The molecule has 0 aliphatic carbocycles. The quantitative estimate of drug-likeness (QED) is 0.744. The first kappa shape index (κ1) is 20.9. The average Bonchev–Trinajstić information content (AvgIpc) is 2.75. The highest BCUT2D eigenvalue weighted by molar-refractivity contribution is 7.91. The summed E-state index contributed by atoms with van der Waals surface area (Å²) in [7, 11) is -4.69. The third kappa shape index (κ3) is 4.44. The highest BCUT2D eigenvalue weighted by atomic mass is 32.2. The Morgan fingerprint density at radius 1 is 0.966 bits per heavy atom. The van der Waals surface area contributed by atoms with Gasteiger partial charge in [0.25, 0.3) is 5.91 Å². The van der Waals surface area contributed by atoms with Crippen LogP contribution in [0.15, 0.2) is 59.5 Å². The molecule has 0 radical (unpaired) electrons. The molecule has 1 amide bonds. The second-order valence-electron chi connectivity index (χ2n) is 6.60. The van der Waals surface area contributed by atoms with E-state index >= 15 is 0 Å². The zero-order chi connectivity index (χ0) is 21.0. The van der Waals surface area contributed by atoms with Crippen molar-refractivity contribution >= 4 is 15.7 Å². The van der Waals surface area contributed by atoms with Crippen molar-refractivity contribution in [2.75, 3.05) is 26.2 Å². The Morgan fingerprint density at radius 3 is 2.07 bits per heavy atom. The maximum absolute atomic E-state index is 12.7. The molecule has 2 aromatic rings. The summed E-state index contributed by atoms with van der Waals surface area (Å²) in [6, 6.07) is 15.8. The molecule has 29 heavy (non-hydrogen) atoms. The molecule has 1 fully saturated rings. The first-order valence-corrected chi connectivity index (χ1v) is 10.5. The summed E-state index contributed by atoms with van der Waals surface area (Å²) in [5.41, 5.74) is 1.12. The monoisotopic (exact) mass is 419 g/mol. The average molecular weight is 419 g/mol. The summed E-state index contributed by atoms with van der Waals surface area (Å²) in [5, 5.41) is 9.54. The number of alkyl halides is 2. The summed E-state index contributed by atoms with van der Waals surface area (Å²) in [4.78, 5) is 15.7. The van der Waals surface area contributed by atoms with Crippen LogP contribution >= 0.6 is 0 Å². The molecule has 1 heterocycles. The van der Waals surface area contributed by atoms with Crippen LogP contribution < -0.4 is 0 Å². The van der Waals surface area contributed by atoms with Gasteiger partial charge in [0.15, 0.2) is 0 Å². The van der Waals surface area contributed by atoms with E-state index in [0.29, 0.717) is 26.2 Å². The van der Waals surface area contributed by atoms with Crippen LogP contribution in [-0.4, -0.2) is 56.1 Å². The number of amides is 1. The molecule has 2 aromatic carbocycles. The lowest BCUT2D eigenvalue weighted by atomic mass is 10.1. The minimum absolute atomic E-state index is 0.228. The number of carbonyl (C=O) groups is 1. The van der Waals surface area contributed by atoms with Crippen LogP contribution in [0.1, 0.15) is 22.0 Å². The molecule has 1 atom stereocenters. The van der Waals surface area contributed by atoms with Gasteiger partial charge in [0.05, 0.1) is 11.0 Å². The van der Waals surface area contributed by atoms with Crippen molar-refractivity contribution < 1.29 is 22.0 Å². The van der Waals surface area contributed by atoms with Crippen LogP contribution in [0.25, 0.3) is 0 Å². The van der Waals surface area contributed by atoms with Gasteiger partial charge in [-0.25, -0.2) is 8.42 Å². The molecule has 0 aromatic heterocycles. The number of sulfone groups is 1. The topological polar surface area (TPSA) is 81.5 Å². The molecular weight excluding hydrogens is 400 g/mol. The molecule has 1 aliphatic heterocycles. The Kier molecular flexibility index (Phi) is 6.25. The second-order valence-corrected chi connectivity index (χ2v) is 8.52. The number of nitriles is 1. The van der Waals surface area contributed by atoms with Crippen molar-refractivity contribution in [2.45, 2.75) is 16.7 Å². The summed E-state index contributed by atoms with van der Waals surface area (Å²) >= 11 is 0. The number of halogens is 2. The highest BCUT2D eigenvalue weighted by Gasteiger charge is 2.29. The van der Waals surface area contributed by atoms with Gasteiger partial charge in [0, 0.05) is 31.7 Å². The molecular formula is C20H19F2N3O3S. The summed E-state index contributed by atoms with van der Waals surface area (Å²) in [5.74, 6) is -3.81. The second kappa shape index (κ2) is 8.68. The Morgan fingerprint density at radius 2 is 1.55 bits per heavy atom. The van der Waals surface area contributed by atoms with E-state index in [9.17, 15) is 27.3 Å². The zero-order valence-corrected chi connectivity index (χ0v) is 16.2. The Hall–Kier alpha value is -2.83. The van der Waals surface area contributed by atoms with Crippen LogP contribution in [0.4, 0.5) is 8.78 Å². The number of carbonyl (C=O) groups excluding carboxylic acids is 1. The van der Waals surface area contributed by atoms with E-state index < -0.39 is 26.5 Å². The third-order valence-corrected chi connectivity index (χ3v) is 6.27. The number of benzene rings is 2. The lowest BCUT2D eigenvalue weighted by Gasteiger charge is -2.37. The number of nitrogens with zero attached hydrogens (tertiary/aromatic N) is 3. The molecule has 0 N–H and O–H groups in total. The fraction of sp³-hybridized carbons (Fsp3) is 0.300. The molecule has 0 bridgehead atoms. The maximum Gasteiger partial charge on any atom is 0.341 e. The van der Waals surface area contributed by atoms with Gasteiger partial charge in [-0.2, -0.15) is 14.0 Å². The van der Waals surface area contributed by atoms with Crippen LogP contribution in [0, 0.1) is 11.3 Å². The van der Waals surface area contributed by atoms with E-state index in [1.807, 2.05) is 35.2 Å². The van der Waals surface area contributed by atoms with E-state index in [-0.39, 0.29) is 11.5 Å². The third-order valence-electron chi connectivity index (χ3n) is 4.87. The molecule has 1 aliphatic rings. The van der Waals surface area contributed by atoms with Gasteiger partial charge in [-0.1, -0.05) is 30.3 Å². The molecule has 0 spiro atoms. The van der Waals surface area contributed by atoms with Crippen LogP contribution in [-0.2, 0) is 9.84 Å². The number of hydrogen-bond donors (Lipinski definition) is 0. The van der Waals surface area contributed by atoms with E-state index in [2.05, 4.69) is 6.07 Å². The maximum atomic E-state index is 12.7. The zero-order valence-electron chi connectivity index (χ0n) is 15.4. The smallest absolute Gasteiger partial charge is 0.336 e. The summed E-state index contributed by atoms with van der Waals surface area (Å²) < 4.78 is 48.2. The van der Waals surface area contributed by atoms with E-state index in [4.69, 9.17) is 0 Å². The molecule has 152 valence electrons. The highest BCUT2D eigenvalue weighted by Crippen LogP contribution is 2.23. The molecule has 0 saturated carbocycles. The van der Waals surface area contributed by atoms with E-state index in [0.717, 1.165) is 17.7 Å². The van der Waals surface area contributed by atoms with E-state index in [1.54, 1.807) is 4.90 Å². The van der Waals surface area contributed by atoms with Gasteiger partial charge >= 0.3 is 5.76 Å². The Balaban J connectivity index is 1.65.